The molecule has 3 aliphatic rings. The van der Waals surface area contributed by atoms with Gasteiger partial charge in [0.2, 0.25) is 15.9 Å². The summed E-state index contributed by atoms with van der Waals surface area (Å²) < 4.78 is 33.9. The Morgan fingerprint density at radius 1 is 1.20 bits per heavy atom. The third-order valence-electron chi connectivity index (χ3n) is 5.58. The molecule has 1 aromatic carbocycles. The highest BCUT2D eigenvalue weighted by Crippen LogP contribution is 2.35. The quantitative estimate of drug-likeness (QED) is 0.822. The summed E-state index contributed by atoms with van der Waals surface area (Å²) in [7, 11) is -3.58. The minimum atomic E-state index is -3.58. The monoisotopic (exact) mass is 364 g/mol. The van der Waals surface area contributed by atoms with Crippen LogP contribution in [0.25, 0.3) is 0 Å². The molecule has 0 radical (unpaired) electrons. The lowest BCUT2D eigenvalue weighted by molar-refractivity contribution is -0.116. The number of carbonyl (C=O) groups is 1. The van der Waals surface area contributed by atoms with Crippen LogP contribution in [0.5, 0.6) is 0 Å². The minimum absolute atomic E-state index is 0.0143. The summed E-state index contributed by atoms with van der Waals surface area (Å²) in [6.07, 6.45) is 4.45. The van der Waals surface area contributed by atoms with Crippen LogP contribution in [0.15, 0.2) is 23.1 Å². The average molecular weight is 364 g/mol. The number of sulfonamides is 1. The van der Waals surface area contributed by atoms with Gasteiger partial charge in [-0.1, -0.05) is 6.07 Å². The largest absolute Gasteiger partial charge is 0.377 e. The van der Waals surface area contributed by atoms with Crippen LogP contribution in [0.2, 0.25) is 0 Å². The van der Waals surface area contributed by atoms with Crippen molar-refractivity contribution in [2.45, 2.75) is 56.1 Å². The van der Waals surface area contributed by atoms with Gasteiger partial charge in [0.1, 0.15) is 0 Å². The van der Waals surface area contributed by atoms with E-state index in [0.717, 1.165) is 50.0 Å². The van der Waals surface area contributed by atoms with E-state index in [1.165, 1.54) is 6.92 Å². The number of nitrogens with zero attached hydrogens (tertiary/aromatic N) is 2. The molecule has 1 aromatic rings. The molecule has 0 bridgehead atoms. The first kappa shape index (κ1) is 17.0. The Labute approximate surface area is 148 Å². The summed E-state index contributed by atoms with van der Waals surface area (Å²) in [5.41, 5.74) is 1.77. The topological polar surface area (TPSA) is 66.9 Å². The first-order valence-corrected chi connectivity index (χ1v) is 10.5. The zero-order chi connectivity index (χ0) is 17.6. The molecule has 136 valence electrons. The van der Waals surface area contributed by atoms with Crippen LogP contribution in [-0.2, 0) is 26.0 Å². The van der Waals surface area contributed by atoms with Gasteiger partial charge in [0.25, 0.3) is 0 Å². The highest BCUT2D eigenvalue weighted by molar-refractivity contribution is 7.89. The van der Waals surface area contributed by atoms with Gasteiger partial charge in [0.15, 0.2) is 0 Å². The molecular weight excluding hydrogens is 340 g/mol. The van der Waals surface area contributed by atoms with E-state index in [2.05, 4.69) is 0 Å². The van der Waals surface area contributed by atoms with E-state index in [1.54, 1.807) is 21.3 Å². The Kier molecular flexibility index (Phi) is 4.33. The van der Waals surface area contributed by atoms with Crippen LogP contribution < -0.4 is 4.90 Å². The number of hydrogen-bond acceptors (Lipinski definition) is 4. The summed E-state index contributed by atoms with van der Waals surface area (Å²) in [4.78, 5) is 13.7. The Hall–Kier alpha value is -1.44. The van der Waals surface area contributed by atoms with Crippen molar-refractivity contribution in [1.82, 2.24) is 4.31 Å². The van der Waals surface area contributed by atoms with Crippen molar-refractivity contribution in [3.8, 4) is 0 Å². The number of hydrogen-bond donors (Lipinski definition) is 0. The van der Waals surface area contributed by atoms with Crippen molar-refractivity contribution in [3.05, 3.63) is 23.8 Å². The van der Waals surface area contributed by atoms with E-state index in [4.69, 9.17) is 4.74 Å². The number of fused-ring (bicyclic) bond motifs is 1. The van der Waals surface area contributed by atoms with Gasteiger partial charge in [-0.15, -0.1) is 0 Å². The van der Waals surface area contributed by atoms with Gasteiger partial charge in [-0.05, 0) is 49.8 Å². The van der Waals surface area contributed by atoms with E-state index in [-0.39, 0.29) is 22.9 Å². The number of rotatable bonds is 3. The van der Waals surface area contributed by atoms with Crippen LogP contribution in [0.4, 0.5) is 5.69 Å². The SMILES string of the molecule is CC(=O)N1CCc2ccc(S(=O)(=O)N3CCCC3C3CCCO3)cc21. The predicted molar refractivity (Wildman–Crippen MR) is 94.1 cm³/mol. The molecule has 0 aliphatic carbocycles. The second-order valence-corrected chi connectivity index (χ2v) is 8.98. The van der Waals surface area contributed by atoms with Gasteiger partial charge in [0.05, 0.1) is 17.0 Å². The first-order valence-electron chi connectivity index (χ1n) is 9.03. The molecule has 4 rings (SSSR count). The smallest absolute Gasteiger partial charge is 0.243 e. The molecule has 3 aliphatic heterocycles. The number of carbonyl (C=O) groups excluding carboxylic acids is 1. The summed E-state index contributed by atoms with van der Waals surface area (Å²) >= 11 is 0. The van der Waals surface area contributed by atoms with E-state index in [1.807, 2.05) is 6.07 Å². The van der Waals surface area contributed by atoms with Crippen molar-refractivity contribution in [2.75, 3.05) is 24.6 Å². The van der Waals surface area contributed by atoms with Gasteiger partial charge >= 0.3 is 0 Å². The third-order valence-corrected chi connectivity index (χ3v) is 7.50. The molecular formula is C18H24N2O4S. The summed E-state index contributed by atoms with van der Waals surface area (Å²) in [5, 5.41) is 0. The lowest BCUT2D eigenvalue weighted by Crippen LogP contribution is -2.42. The van der Waals surface area contributed by atoms with Crippen LogP contribution in [0.3, 0.4) is 0 Å². The van der Waals surface area contributed by atoms with Crippen molar-refractivity contribution < 1.29 is 17.9 Å². The second kappa shape index (κ2) is 6.37. The number of benzene rings is 1. The molecule has 2 saturated heterocycles. The van der Waals surface area contributed by atoms with Crippen LogP contribution in [0.1, 0.15) is 38.2 Å². The molecule has 0 spiro atoms. The van der Waals surface area contributed by atoms with Crippen LogP contribution >= 0.6 is 0 Å². The van der Waals surface area contributed by atoms with Gasteiger partial charge in [-0.3, -0.25) is 4.79 Å². The summed E-state index contributed by atoms with van der Waals surface area (Å²) in [6, 6.07) is 5.14. The van der Waals surface area contributed by atoms with Crippen molar-refractivity contribution >= 4 is 21.6 Å². The Bertz CT molecular complexity index is 786. The van der Waals surface area contributed by atoms with Gasteiger partial charge < -0.3 is 9.64 Å². The maximum atomic E-state index is 13.2. The van der Waals surface area contributed by atoms with E-state index < -0.39 is 10.0 Å². The van der Waals surface area contributed by atoms with Gasteiger partial charge in [-0.2, -0.15) is 4.31 Å². The maximum Gasteiger partial charge on any atom is 0.243 e. The molecule has 25 heavy (non-hydrogen) atoms. The molecule has 0 N–H and O–H groups in total. The maximum absolute atomic E-state index is 13.2. The van der Waals surface area contributed by atoms with E-state index in [9.17, 15) is 13.2 Å². The fraction of sp³-hybridized carbons (Fsp3) is 0.611. The van der Waals surface area contributed by atoms with Crippen LogP contribution in [-0.4, -0.2) is 50.5 Å². The second-order valence-electron chi connectivity index (χ2n) is 7.09. The normalized spacial score (nSPS) is 27.0. The van der Waals surface area contributed by atoms with Crippen LogP contribution in [0, 0.1) is 0 Å². The zero-order valence-electron chi connectivity index (χ0n) is 14.5. The summed E-state index contributed by atoms with van der Waals surface area (Å²) in [5.74, 6) is -0.0493. The Morgan fingerprint density at radius 2 is 2.04 bits per heavy atom. The lowest BCUT2D eigenvalue weighted by Gasteiger charge is -2.28. The zero-order valence-corrected chi connectivity index (χ0v) is 15.3. The highest BCUT2D eigenvalue weighted by atomic mass is 32.2. The fourth-order valence-corrected chi connectivity index (χ4v) is 6.06. The summed E-state index contributed by atoms with van der Waals surface area (Å²) in [6.45, 7) is 3.41. The molecule has 7 heteroatoms. The molecule has 2 atom stereocenters. The fourth-order valence-electron chi connectivity index (χ4n) is 4.32. The van der Waals surface area contributed by atoms with Crippen molar-refractivity contribution in [1.29, 1.82) is 0 Å². The van der Waals surface area contributed by atoms with Gasteiger partial charge in [-0.25, -0.2) is 8.42 Å². The first-order chi connectivity index (χ1) is 12.0. The third kappa shape index (κ3) is 2.88. The average Bonchev–Trinajstić information content (AvgIpc) is 3.32. The van der Waals surface area contributed by atoms with Crippen molar-refractivity contribution in [2.24, 2.45) is 0 Å². The number of ether oxygens (including phenoxy) is 1. The predicted octanol–water partition coefficient (Wildman–Crippen LogP) is 1.93. The number of anilines is 1. The molecule has 2 fully saturated rings. The molecule has 0 aromatic heterocycles. The van der Waals surface area contributed by atoms with E-state index >= 15 is 0 Å². The molecule has 1 amide bonds. The standard InChI is InChI=1S/C18H24N2O4S/c1-13(21)19-10-8-14-6-7-15(12-17(14)19)25(22,23)20-9-2-4-16(20)18-5-3-11-24-18/h6-7,12,16,18H,2-5,8-11H2,1H3. The Balaban J connectivity index is 1.66. The minimum Gasteiger partial charge on any atom is -0.377 e. The molecule has 0 saturated carbocycles. The molecule has 3 heterocycles. The van der Waals surface area contributed by atoms with E-state index in [0.29, 0.717) is 13.1 Å². The number of amides is 1. The lowest BCUT2D eigenvalue weighted by atomic mass is 10.1. The molecule has 6 nitrogen and oxygen atoms in total. The Morgan fingerprint density at radius 3 is 2.76 bits per heavy atom. The molecule has 2 unspecified atom stereocenters. The van der Waals surface area contributed by atoms with Gasteiger partial charge in [0, 0.05) is 32.3 Å². The van der Waals surface area contributed by atoms with Crippen molar-refractivity contribution in [3.63, 3.8) is 0 Å². The highest BCUT2D eigenvalue weighted by Gasteiger charge is 2.41.